The number of fused-ring (bicyclic) bond motifs is 2. The Labute approximate surface area is 219 Å². The van der Waals surface area contributed by atoms with Crippen molar-refractivity contribution < 1.29 is 4.74 Å². The summed E-state index contributed by atoms with van der Waals surface area (Å²) in [7, 11) is 0. The fourth-order valence-corrected chi connectivity index (χ4v) is 5.25. The molecule has 0 amide bonds. The summed E-state index contributed by atoms with van der Waals surface area (Å²) in [5.74, 6) is 0.798. The number of morpholine rings is 1. The molecule has 6 rings (SSSR count). The highest BCUT2D eigenvalue weighted by Crippen LogP contribution is 2.38. The molecule has 4 heterocycles. The molecule has 2 aromatic heterocycles. The minimum Gasteiger partial charge on any atom is -0.373 e. The normalized spacial score (nSPS) is 21.2. The third-order valence-corrected chi connectivity index (χ3v) is 7.42. The number of halogens is 1. The van der Waals surface area contributed by atoms with Gasteiger partial charge in [-0.1, -0.05) is 11.6 Å². The molecule has 3 aliphatic rings. The Morgan fingerprint density at radius 2 is 2.03 bits per heavy atom. The van der Waals surface area contributed by atoms with Crippen LogP contribution in [0.25, 0.3) is 5.65 Å². The van der Waals surface area contributed by atoms with Crippen molar-refractivity contribution in [2.24, 2.45) is 0 Å². The minimum absolute atomic E-state index is 0.150. The Bertz CT molecular complexity index is 1450. The summed E-state index contributed by atoms with van der Waals surface area (Å²) in [6.07, 6.45) is 3.59. The number of nitriles is 2. The van der Waals surface area contributed by atoms with Gasteiger partial charge in [-0.3, -0.25) is 4.90 Å². The van der Waals surface area contributed by atoms with Crippen LogP contribution in [-0.2, 0) is 4.74 Å². The lowest BCUT2D eigenvalue weighted by atomic mass is 10.0. The Morgan fingerprint density at radius 1 is 1.19 bits per heavy atom. The first-order chi connectivity index (χ1) is 17.8. The van der Waals surface area contributed by atoms with Gasteiger partial charge >= 0.3 is 0 Å². The molecule has 1 unspecified atom stereocenters. The van der Waals surface area contributed by atoms with Crippen molar-refractivity contribution in [3.8, 4) is 12.1 Å². The van der Waals surface area contributed by atoms with E-state index in [1.165, 1.54) is 10.7 Å². The van der Waals surface area contributed by atoms with Crippen molar-refractivity contribution in [1.82, 2.24) is 24.5 Å². The van der Waals surface area contributed by atoms with Gasteiger partial charge in [-0.2, -0.15) is 20.0 Å². The number of ether oxygens (including phenoxy) is 1. The van der Waals surface area contributed by atoms with Gasteiger partial charge in [0.05, 0.1) is 52.5 Å². The molecule has 0 bridgehead atoms. The van der Waals surface area contributed by atoms with E-state index in [9.17, 15) is 10.5 Å². The van der Waals surface area contributed by atoms with E-state index in [1.807, 2.05) is 6.07 Å². The molecular formula is C25H27ClN10O. The predicted octanol–water partition coefficient (Wildman–Crippen LogP) is 3.14. The summed E-state index contributed by atoms with van der Waals surface area (Å²) in [5.41, 5.74) is 2.42. The van der Waals surface area contributed by atoms with Crippen LogP contribution in [0.1, 0.15) is 37.9 Å². The van der Waals surface area contributed by atoms with E-state index < -0.39 is 0 Å². The zero-order chi connectivity index (χ0) is 25.7. The molecule has 2 aliphatic heterocycles. The van der Waals surface area contributed by atoms with Gasteiger partial charge in [0.1, 0.15) is 6.07 Å². The molecule has 12 heteroatoms. The van der Waals surface area contributed by atoms with Gasteiger partial charge in [0, 0.05) is 32.2 Å². The van der Waals surface area contributed by atoms with Gasteiger partial charge < -0.3 is 20.3 Å². The van der Waals surface area contributed by atoms with Crippen LogP contribution < -0.4 is 15.5 Å². The molecule has 1 aliphatic carbocycles. The number of piperazine rings is 1. The van der Waals surface area contributed by atoms with E-state index in [0.717, 1.165) is 44.7 Å². The summed E-state index contributed by atoms with van der Waals surface area (Å²) in [5, 5.41) is 30.8. The molecule has 0 radical (unpaired) electrons. The van der Waals surface area contributed by atoms with E-state index in [-0.39, 0.29) is 17.6 Å². The quantitative estimate of drug-likeness (QED) is 0.519. The predicted molar refractivity (Wildman–Crippen MR) is 139 cm³/mol. The lowest BCUT2D eigenvalue weighted by molar-refractivity contribution is -0.116. The smallest absolute Gasteiger partial charge is 0.247 e. The third kappa shape index (κ3) is 4.62. The number of benzene rings is 1. The summed E-state index contributed by atoms with van der Waals surface area (Å²) in [6.45, 7) is 8.22. The van der Waals surface area contributed by atoms with Crippen molar-refractivity contribution in [3.05, 3.63) is 34.6 Å². The number of anilines is 4. The molecule has 2 N–H and O–H groups in total. The highest BCUT2D eigenvalue weighted by molar-refractivity contribution is 6.36. The maximum absolute atomic E-state index is 9.76. The van der Waals surface area contributed by atoms with Crippen LogP contribution in [0.2, 0.25) is 5.02 Å². The molecule has 2 saturated heterocycles. The topological polar surface area (TPSA) is 130 Å². The third-order valence-electron chi connectivity index (χ3n) is 7.02. The second-order valence-corrected chi connectivity index (χ2v) is 10.8. The Morgan fingerprint density at radius 3 is 2.78 bits per heavy atom. The van der Waals surface area contributed by atoms with E-state index in [1.54, 1.807) is 6.07 Å². The van der Waals surface area contributed by atoms with Crippen LogP contribution in [0.5, 0.6) is 0 Å². The Kier molecular flexibility index (Phi) is 5.80. The number of nitrogens with one attached hydrogen (secondary N) is 2. The molecule has 3 aromatic rings. The number of nitrogens with zero attached hydrogens (tertiary/aromatic N) is 8. The molecule has 1 saturated carbocycles. The fraction of sp³-hybridized carbons (Fsp3) is 0.480. The highest BCUT2D eigenvalue weighted by Gasteiger charge is 2.37. The Hall–Kier alpha value is -3.64. The molecule has 1 atom stereocenters. The molecule has 1 aromatic carbocycles. The molecule has 3 fully saturated rings. The molecule has 11 nitrogen and oxygen atoms in total. The van der Waals surface area contributed by atoms with Gasteiger partial charge in [0.15, 0.2) is 17.2 Å². The van der Waals surface area contributed by atoms with Crippen molar-refractivity contribution in [2.75, 3.05) is 48.3 Å². The summed E-state index contributed by atoms with van der Waals surface area (Å²) < 4.78 is 7.53. The first-order valence-corrected chi connectivity index (χ1v) is 12.8. The Balaban J connectivity index is 1.32. The van der Waals surface area contributed by atoms with Crippen LogP contribution >= 0.6 is 11.6 Å². The molecule has 37 heavy (non-hydrogen) atoms. The van der Waals surface area contributed by atoms with E-state index >= 15 is 0 Å². The van der Waals surface area contributed by atoms with E-state index in [0.29, 0.717) is 46.1 Å². The summed E-state index contributed by atoms with van der Waals surface area (Å²) in [4.78, 5) is 13.6. The first-order valence-electron chi connectivity index (χ1n) is 12.4. The fourth-order valence-electron chi connectivity index (χ4n) is 4.98. The van der Waals surface area contributed by atoms with Gasteiger partial charge in [-0.05, 0) is 38.8 Å². The number of hydrogen-bond acceptors (Lipinski definition) is 10. The van der Waals surface area contributed by atoms with Crippen molar-refractivity contribution in [3.63, 3.8) is 0 Å². The van der Waals surface area contributed by atoms with E-state index in [2.05, 4.69) is 61.5 Å². The summed E-state index contributed by atoms with van der Waals surface area (Å²) in [6, 6.07) is 8.46. The van der Waals surface area contributed by atoms with Crippen LogP contribution in [0.3, 0.4) is 0 Å². The number of imidazole rings is 1. The van der Waals surface area contributed by atoms with Gasteiger partial charge in [-0.25, -0.2) is 4.98 Å². The minimum atomic E-state index is -0.150. The summed E-state index contributed by atoms with van der Waals surface area (Å²) >= 11 is 6.93. The lowest BCUT2D eigenvalue weighted by Crippen LogP contribution is -2.62. The second kappa shape index (κ2) is 9.03. The van der Waals surface area contributed by atoms with Crippen molar-refractivity contribution in [2.45, 2.75) is 44.4 Å². The lowest BCUT2D eigenvalue weighted by Gasteiger charge is -2.49. The van der Waals surface area contributed by atoms with Crippen molar-refractivity contribution >= 4 is 40.4 Å². The highest BCUT2D eigenvalue weighted by atomic mass is 35.5. The largest absolute Gasteiger partial charge is 0.373 e. The number of aromatic nitrogens is 4. The monoisotopic (exact) mass is 518 g/mol. The van der Waals surface area contributed by atoms with Gasteiger partial charge in [-0.15, -0.1) is 5.10 Å². The van der Waals surface area contributed by atoms with Crippen LogP contribution in [0, 0.1) is 22.7 Å². The SMILES string of the molecule is CC1(C)CN2CCN(c3cc(C#N)cc(Nc4nc(NC5CC5)c5ncc(C#N)n5n4)c3Cl)CC2CO1. The number of hydrogen-bond donors (Lipinski definition) is 2. The van der Waals surface area contributed by atoms with Crippen LogP contribution in [0.4, 0.5) is 23.1 Å². The zero-order valence-electron chi connectivity index (χ0n) is 20.7. The average Bonchev–Trinajstić information content (AvgIpc) is 3.60. The maximum Gasteiger partial charge on any atom is 0.247 e. The molecule has 0 spiro atoms. The second-order valence-electron chi connectivity index (χ2n) is 10.4. The van der Waals surface area contributed by atoms with Gasteiger partial charge in [0.25, 0.3) is 0 Å². The standard InChI is InChI=1S/C25H27ClN10O/c1-25(2)14-35-6-5-34(12-18(35)13-37-25)20-8-15(9-27)7-19(21(20)26)31-24-32-22(30-16-3-4-16)23-29-11-17(10-28)36(23)33-24/h7-8,11,16,18H,3-6,12-14H2,1-2H3,(H2,30,31,32,33). The average molecular weight is 519 g/mol. The van der Waals surface area contributed by atoms with E-state index in [4.69, 9.17) is 16.3 Å². The zero-order valence-corrected chi connectivity index (χ0v) is 21.5. The molecule has 190 valence electrons. The maximum atomic E-state index is 9.76. The first kappa shape index (κ1) is 23.7. The molecular weight excluding hydrogens is 492 g/mol. The number of rotatable bonds is 5. The van der Waals surface area contributed by atoms with Gasteiger partial charge in [0.2, 0.25) is 5.95 Å². The van der Waals surface area contributed by atoms with Crippen LogP contribution in [-0.4, -0.2) is 75.0 Å². The van der Waals surface area contributed by atoms with Crippen molar-refractivity contribution in [1.29, 1.82) is 10.5 Å². The van der Waals surface area contributed by atoms with Crippen LogP contribution in [0.15, 0.2) is 18.3 Å².